The van der Waals surface area contributed by atoms with Crippen molar-refractivity contribution in [3.05, 3.63) is 17.1 Å². The fraction of sp³-hybridized carbons (Fsp3) is 0.667. The van der Waals surface area contributed by atoms with Crippen molar-refractivity contribution in [2.45, 2.75) is 40.0 Å². The molecular weight excluding hydrogens is 216 g/mol. The minimum atomic E-state index is 0.349. The van der Waals surface area contributed by atoms with Crippen LogP contribution in [0.25, 0.3) is 0 Å². The second kappa shape index (κ2) is 6.51. The lowest BCUT2D eigenvalue weighted by Crippen LogP contribution is -2.16. The first-order chi connectivity index (χ1) is 8.10. The van der Waals surface area contributed by atoms with Crippen LogP contribution in [0.4, 0.5) is 5.82 Å². The Morgan fingerprint density at radius 2 is 2.06 bits per heavy atom. The molecule has 96 valence electrons. The zero-order valence-corrected chi connectivity index (χ0v) is 11.1. The first-order valence-corrected chi connectivity index (χ1v) is 6.01. The molecule has 0 aliphatic carbocycles. The molecular formula is C12H22N4O. The van der Waals surface area contributed by atoms with E-state index in [1.807, 2.05) is 13.8 Å². The van der Waals surface area contributed by atoms with Crippen LogP contribution in [-0.2, 0) is 11.2 Å². The normalized spacial score (nSPS) is 10.9. The van der Waals surface area contributed by atoms with Gasteiger partial charge in [0.1, 0.15) is 11.6 Å². The summed E-state index contributed by atoms with van der Waals surface area (Å²) in [6, 6.07) is 0. The highest BCUT2D eigenvalue weighted by Gasteiger charge is 2.13. The van der Waals surface area contributed by atoms with Gasteiger partial charge >= 0.3 is 0 Å². The highest BCUT2D eigenvalue weighted by Crippen LogP contribution is 2.24. The maximum absolute atomic E-state index is 5.51. The number of nitrogens with one attached hydrogen (secondary N) is 1. The van der Waals surface area contributed by atoms with Gasteiger partial charge in [0.15, 0.2) is 0 Å². The summed E-state index contributed by atoms with van der Waals surface area (Å²) in [6.07, 6.45) is 0.710. The number of aryl methyl sites for hydroxylation is 1. The van der Waals surface area contributed by atoms with Crippen LogP contribution in [0.3, 0.4) is 0 Å². The SMILES string of the molecule is CCOCCc1nc(C)c(C(C)C)c(NN)n1. The number of hydrogen-bond donors (Lipinski definition) is 2. The van der Waals surface area contributed by atoms with Crippen LogP contribution >= 0.6 is 0 Å². The summed E-state index contributed by atoms with van der Waals surface area (Å²) in [5, 5.41) is 0. The van der Waals surface area contributed by atoms with Gasteiger partial charge in [-0.1, -0.05) is 13.8 Å². The van der Waals surface area contributed by atoms with E-state index in [0.29, 0.717) is 25.6 Å². The Hall–Kier alpha value is -1.20. The van der Waals surface area contributed by atoms with Crippen LogP contribution in [0.2, 0.25) is 0 Å². The molecule has 0 aliphatic heterocycles. The molecule has 5 nitrogen and oxygen atoms in total. The molecule has 0 saturated carbocycles. The number of hydrogen-bond acceptors (Lipinski definition) is 5. The summed E-state index contributed by atoms with van der Waals surface area (Å²) in [4.78, 5) is 8.91. The van der Waals surface area contributed by atoms with E-state index in [9.17, 15) is 0 Å². The summed E-state index contributed by atoms with van der Waals surface area (Å²) >= 11 is 0. The van der Waals surface area contributed by atoms with Crippen molar-refractivity contribution in [3.8, 4) is 0 Å². The van der Waals surface area contributed by atoms with Crippen molar-refractivity contribution >= 4 is 5.82 Å². The molecule has 1 rings (SSSR count). The molecule has 1 aromatic rings. The molecule has 0 unspecified atom stereocenters. The molecule has 0 saturated heterocycles. The van der Waals surface area contributed by atoms with E-state index in [1.54, 1.807) is 0 Å². The van der Waals surface area contributed by atoms with Crippen molar-refractivity contribution in [2.24, 2.45) is 5.84 Å². The lowest BCUT2D eigenvalue weighted by atomic mass is 10.0. The van der Waals surface area contributed by atoms with Crippen molar-refractivity contribution in [1.29, 1.82) is 0 Å². The molecule has 0 aromatic carbocycles. The molecule has 0 fully saturated rings. The Morgan fingerprint density at radius 3 is 2.59 bits per heavy atom. The lowest BCUT2D eigenvalue weighted by Gasteiger charge is -2.15. The number of aromatic nitrogens is 2. The highest BCUT2D eigenvalue weighted by atomic mass is 16.5. The van der Waals surface area contributed by atoms with Crippen molar-refractivity contribution in [3.63, 3.8) is 0 Å². The molecule has 0 radical (unpaired) electrons. The van der Waals surface area contributed by atoms with Gasteiger partial charge in [0.05, 0.1) is 6.61 Å². The summed E-state index contributed by atoms with van der Waals surface area (Å²) in [5.74, 6) is 7.35. The fourth-order valence-corrected chi connectivity index (χ4v) is 1.86. The van der Waals surface area contributed by atoms with E-state index in [-0.39, 0.29) is 0 Å². The van der Waals surface area contributed by atoms with Crippen LogP contribution in [0.5, 0.6) is 0 Å². The minimum absolute atomic E-state index is 0.349. The van der Waals surface area contributed by atoms with Crippen molar-refractivity contribution in [2.75, 3.05) is 18.6 Å². The molecule has 0 spiro atoms. The molecule has 0 bridgehead atoms. The first-order valence-electron chi connectivity index (χ1n) is 6.01. The maximum Gasteiger partial charge on any atom is 0.147 e. The first kappa shape index (κ1) is 13.9. The van der Waals surface area contributed by atoms with Gasteiger partial charge in [-0.2, -0.15) is 0 Å². The van der Waals surface area contributed by atoms with Crippen LogP contribution in [0.1, 0.15) is 43.8 Å². The van der Waals surface area contributed by atoms with Gasteiger partial charge in [-0.3, -0.25) is 0 Å². The Bertz CT molecular complexity index is 366. The van der Waals surface area contributed by atoms with E-state index in [0.717, 1.165) is 22.9 Å². The summed E-state index contributed by atoms with van der Waals surface area (Å²) in [7, 11) is 0. The van der Waals surface area contributed by atoms with E-state index in [2.05, 4.69) is 29.2 Å². The Labute approximate surface area is 103 Å². The van der Waals surface area contributed by atoms with Gasteiger partial charge < -0.3 is 10.2 Å². The zero-order chi connectivity index (χ0) is 12.8. The maximum atomic E-state index is 5.51. The molecule has 3 N–H and O–H groups in total. The van der Waals surface area contributed by atoms with Crippen LogP contribution in [0, 0.1) is 6.92 Å². The van der Waals surface area contributed by atoms with E-state index < -0.39 is 0 Å². The number of hydrazine groups is 1. The summed E-state index contributed by atoms with van der Waals surface area (Å²) in [5.41, 5.74) is 4.71. The van der Waals surface area contributed by atoms with Gasteiger partial charge in [-0.25, -0.2) is 15.8 Å². The lowest BCUT2D eigenvalue weighted by molar-refractivity contribution is 0.149. The average molecular weight is 238 g/mol. The van der Waals surface area contributed by atoms with Crippen LogP contribution in [-0.4, -0.2) is 23.2 Å². The average Bonchev–Trinajstić information content (AvgIpc) is 2.27. The Kier molecular flexibility index (Phi) is 5.31. The zero-order valence-electron chi connectivity index (χ0n) is 11.1. The largest absolute Gasteiger partial charge is 0.381 e. The minimum Gasteiger partial charge on any atom is -0.381 e. The number of anilines is 1. The van der Waals surface area contributed by atoms with Gasteiger partial charge in [0.25, 0.3) is 0 Å². The second-order valence-electron chi connectivity index (χ2n) is 4.23. The summed E-state index contributed by atoms with van der Waals surface area (Å²) < 4.78 is 5.30. The third kappa shape index (κ3) is 3.64. The van der Waals surface area contributed by atoms with Crippen LogP contribution in [0.15, 0.2) is 0 Å². The molecule has 0 aliphatic rings. The molecule has 0 atom stereocenters. The van der Waals surface area contributed by atoms with Gasteiger partial charge in [-0.15, -0.1) is 0 Å². The third-order valence-electron chi connectivity index (χ3n) is 2.57. The predicted molar refractivity (Wildman–Crippen MR) is 68.9 cm³/mol. The smallest absolute Gasteiger partial charge is 0.147 e. The molecule has 0 amide bonds. The molecule has 1 heterocycles. The number of nitrogens with zero attached hydrogens (tertiary/aromatic N) is 2. The van der Waals surface area contributed by atoms with Gasteiger partial charge in [0.2, 0.25) is 0 Å². The number of nitrogen functional groups attached to an aromatic ring is 1. The van der Waals surface area contributed by atoms with E-state index >= 15 is 0 Å². The quantitative estimate of drug-likeness (QED) is 0.449. The Morgan fingerprint density at radius 1 is 1.35 bits per heavy atom. The van der Waals surface area contributed by atoms with Gasteiger partial charge in [0, 0.05) is 24.3 Å². The number of rotatable bonds is 6. The molecule has 5 heteroatoms. The fourth-order valence-electron chi connectivity index (χ4n) is 1.86. The van der Waals surface area contributed by atoms with E-state index in [1.165, 1.54) is 0 Å². The predicted octanol–water partition coefficient (Wildman–Crippen LogP) is 1.77. The third-order valence-corrected chi connectivity index (χ3v) is 2.57. The standard InChI is InChI=1S/C12H22N4O/c1-5-17-7-6-10-14-9(4)11(8(2)3)12(15-10)16-13/h8H,5-7,13H2,1-4H3,(H,14,15,16). The topological polar surface area (TPSA) is 73.1 Å². The monoisotopic (exact) mass is 238 g/mol. The second-order valence-corrected chi connectivity index (χ2v) is 4.23. The molecule has 1 aromatic heterocycles. The highest BCUT2D eigenvalue weighted by molar-refractivity contribution is 5.47. The van der Waals surface area contributed by atoms with Crippen molar-refractivity contribution in [1.82, 2.24) is 9.97 Å². The molecule has 17 heavy (non-hydrogen) atoms. The van der Waals surface area contributed by atoms with Crippen LogP contribution < -0.4 is 11.3 Å². The van der Waals surface area contributed by atoms with E-state index in [4.69, 9.17) is 10.6 Å². The number of nitrogens with two attached hydrogens (primary N) is 1. The number of ether oxygens (including phenoxy) is 1. The van der Waals surface area contributed by atoms with Crippen molar-refractivity contribution < 1.29 is 4.74 Å². The summed E-state index contributed by atoms with van der Waals surface area (Å²) in [6.45, 7) is 9.52. The Balaban J connectivity index is 2.92. The van der Waals surface area contributed by atoms with Gasteiger partial charge in [-0.05, 0) is 19.8 Å².